The van der Waals surface area contributed by atoms with E-state index in [1.807, 2.05) is 36.4 Å². The van der Waals surface area contributed by atoms with E-state index in [0.717, 1.165) is 36.8 Å². The van der Waals surface area contributed by atoms with E-state index < -0.39 is 5.97 Å². The first-order valence-electron chi connectivity index (χ1n) is 9.72. The van der Waals surface area contributed by atoms with E-state index in [0.29, 0.717) is 24.1 Å². The molecule has 5 nitrogen and oxygen atoms in total. The predicted molar refractivity (Wildman–Crippen MR) is 117 cm³/mol. The largest absolute Gasteiger partial charge is 0.492 e. The molecule has 3 rings (SSSR count). The van der Waals surface area contributed by atoms with Gasteiger partial charge >= 0.3 is 5.97 Å². The molecule has 1 saturated heterocycles. The highest BCUT2D eigenvalue weighted by molar-refractivity contribution is 6.30. The van der Waals surface area contributed by atoms with E-state index in [1.165, 1.54) is 12.8 Å². The van der Waals surface area contributed by atoms with Gasteiger partial charge in [0.15, 0.2) is 0 Å². The Morgan fingerprint density at radius 2 is 1.66 bits per heavy atom. The quantitative estimate of drug-likeness (QED) is 0.546. The van der Waals surface area contributed by atoms with Crippen molar-refractivity contribution in [3.63, 3.8) is 0 Å². The third-order valence-electron chi connectivity index (χ3n) is 4.90. The highest BCUT2D eigenvalue weighted by atomic mass is 35.5. The number of carbonyl (C=O) groups is 1. The molecule has 2 aromatic carbocycles. The molecule has 0 amide bonds. The van der Waals surface area contributed by atoms with Crippen molar-refractivity contribution in [2.24, 2.45) is 0 Å². The minimum atomic E-state index is -0.731. The predicted octanol–water partition coefficient (Wildman–Crippen LogP) is 5.65. The molecular formula is C22H27Cl2NO4. The van der Waals surface area contributed by atoms with Gasteiger partial charge in [0.2, 0.25) is 0 Å². The first-order valence-corrected chi connectivity index (χ1v) is 10.1. The SMILES string of the molecule is Cl.O=C(O)CCCN1CCCC[C@H]1COc1ccc(Oc2ccc(Cl)cc2)cc1. The molecule has 1 aliphatic rings. The first-order chi connectivity index (χ1) is 13.6. The standard InChI is InChI=1S/C22H26ClNO4.ClH/c23-17-6-8-20(9-7-17)28-21-12-10-19(11-13-21)27-16-18-4-1-2-14-24(18)15-3-5-22(25)26;/h6-13,18H,1-5,14-16H2,(H,25,26);1H/t18-;/m0./s1. The van der Waals surface area contributed by atoms with Gasteiger partial charge in [-0.1, -0.05) is 18.0 Å². The number of hydrogen-bond acceptors (Lipinski definition) is 4. The van der Waals surface area contributed by atoms with E-state index in [4.69, 9.17) is 26.2 Å². The minimum absolute atomic E-state index is 0. The van der Waals surface area contributed by atoms with Crippen molar-refractivity contribution in [1.82, 2.24) is 4.90 Å². The minimum Gasteiger partial charge on any atom is -0.492 e. The molecule has 2 aromatic rings. The second-order valence-electron chi connectivity index (χ2n) is 7.02. The molecule has 0 bridgehead atoms. The van der Waals surface area contributed by atoms with Gasteiger partial charge in [0.1, 0.15) is 23.9 Å². The van der Waals surface area contributed by atoms with Gasteiger partial charge in [-0.25, -0.2) is 0 Å². The van der Waals surface area contributed by atoms with Gasteiger partial charge in [-0.15, -0.1) is 12.4 Å². The highest BCUT2D eigenvalue weighted by Gasteiger charge is 2.22. The average Bonchev–Trinajstić information content (AvgIpc) is 2.70. The summed E-state index contributed by atoms with van der Waals surface area (Å²) >= 11 is 5.88. The average molecular weight is 440 g/mol. The maximum atomic E-state index is 10.7. The van der Waals surface area contributed by atoms with Crippen molar-refractivity contribution < 1.29 is 19.4 Å². The molecule has 0 radical (unpaired) electrons. The smallest absolute Gasteiger partial charge is 0.303 e. The zero-order valence-electron chi connectivity index (χ0n) is 16.3. The number of hydrogen-bond donors (Lipinski definition) is 1. The molecule has 0 saturated carbocycles. The van der Waals surface area contributed by atoms with Gasteiger partial charge < -0.3 is 14.6 Å². The Bertz CT molecular complexity index is 752. The fourth-order valence-electron chi connectivity index (χ4n) is 3.41. The van der Waals surface area contributed by atoms with Crippen LogP contribution in [0.3, 0.4) is 0 Å². The van der Waals surface area contributed by atoms with Crippen LogP contribution in [0.4, 0.5) is 0 Å². The lowest BCUT2D eigenvalue weighted by Crippen LogP contribution is -2.43. The summed E-state index contributed by atoms with van der Waals surface area (Å²) in [6, 6.07) is 15.2. The zero-order valence-corrected chi connectivity index (χ0v) is 17.8. The second-order valence-corrected chi connectivity index (χ2v) is 7.46. The highest BCUT2D eigenvalue weighted by Crippen LogP contribution is 2.26. The molecular weight excluding hydrogens is 413 g/mol. The fraction of sp³-hybridized carbons (Fsp3) is 0.409. The van der Waals surface area contributed by atoms with E-state index in [-0.39, 0.29) is 18.8 Å². The van der Waals surface area contributed by atoms with Crippen LogP contribution in [0.5, 0.6) is 17.2 Å². The number of piperidine rings is 1. The maximum Gasteiger partial charge on any atom is 0.303 e. The summed E-state index contributed by atoms with van der Waals surface area (Å²) in [5, 5.41) is 9.51. The molecule has 158 valence electrons. The second kappa shape index (κ2) is 11.9. The number of aliphatic carboxylic acids is 1. The lowest BCUT2D eigenvalue weighted by atomic mass is 10.0. The number of carboxylic acids is 1. The Morgan fingerprint density at radius 1 is 1.03 bits per heavy atom. The van der Waals surface area contributed by atoms with Crippen LogP contribution in [0.25, 0.3) is 0 Å². The molecule has 1 heterocycles. The number of carboxylic acid groups (broad SMARTS) is 1. The van der Waals surface area contributed by atoms with Gasteiger partial charge in [-0.3, -0.25) is 9.69 Å². The van der Waals surface area contributed by atoms with Gasteiger partial charge in [-0.2, -0.15) is 0 Å². The van der Waals surface area contributed by atoms with Gasteiger partial charge in [0, 0.05) is 17.5 Å². The molecule has 1 atom stereocenters. The summed E-state index contributed by atoms with van der Waals surface area (Å²) in [5.74, 6) is 1.55. The fourth-order valence-corrected chi connectivity index (χ4v) is 3.54. The molecule has 0 aliphatic carbocycles. The van der Waals surface area contributed by atoms with Crippen molar-refractivity contribution in [2.75, 3.05) is 19.7 Å². The van der Waals surface area contributed by atoms with E-state index >= 15 is 0 Å². The summed E-state index contributed by atoms with van der Waals surface area (Å²) in [4.78, 5) is 13.1. The van der Waals surface area contributed by atoms with Crippen molar-refractivity contribution >= 4 is 30.0 Å². The molecule has 0 unspecified atom stereocenters. The third-order valence-corrected chi connectivity index (χ3v) is 5.15. The van der Waals surface area contributed by atoms with E-state index in [2.05, 4.69) is 4.90 Å². The van der Waals surface area contributed by atoms with Crippen molar-refractivity contribution in [1.29, 1.82) is 0 Å². The first kappa shape index (κ1) is 23.3. The number of benzene rings is 2. The van der Waals surface area contributed by atoms with E-state index in [1.54, 1.807) is 12.1 Å². The number of halogens is 2. The molecule has 7 heteroatoms. The molecule has 1 aliphatic heterocycles. The van der Waals surface area contributed by atoms with Crippen LogP contribution < -0.4 is 9.47 Å². The third kappa shape index (κ3) is 7.77. The molecule has 0 spiro atoms. The lowest BCUT2D eigenvalue weighted by molar-refractivity contribution is -0.137. The Balaban J connectivity index is 0.00000300. The van der Waals surface area contributed by atoms with E-state index in [9.17, 15) is 4.79 Å². The molecule has 1 fully saturated rings. The van der Waals surface area contributed by atoms with Gasteiger partial charge in [0.25, 0.3) is 0 Å². The van der Waals surface area contributed by atoms with Crippen molar-refractivity contribution in [2.45, 2.75) is 38.1 Å². The monoisotopic (exact) mass is 439 g/mol. The number of ether oxygens (including phenoxy) is 2. The van der Waals surface area contributed by atoms with Crippen LogP contribution in [0, 0.1) is 0 Å². The van der Waals surface area contributed by atoms with Crippen LogP contribution in [0.1, 0.15) is 32.1 Å². The van der Waals surface area contributed by atoms with Gasteiger partial charge in [-0.05, 0) is 80.9 Å². The summed E-state index contributed by atoms with van der Waals surface area (Å²) < 4.78 is 11.8. The van der Waals surface area contributed by atoms with Crippen LogP contribution in [-0.2, 0) is 4.79 Å². The molecule has 1 N–H and O–H groups in total. The van der Waals surface area contributed by atoms with Crippen molar-refractivity contribution in [3.8, 4) is 17.2 Å². The normalized spacial score (nSPS) is 16.7. The number of nitrogens with zero attached hydrogens (tertiary/aromatic N) is 1. The number of likely N-dealkylation sites (tertiary alicyclic amines) is 1. The lowest BCUT2D eigenvalue weighted by Gasteiger charge is -2.35. The zero-order chi connectivity index (χ0) is 19.8. The summed E-state index contributed by atoms with van der Waals surface area (Å²) in [6.07, 6.45) is 4.35. The van der Waals surface area contributed by atoms with Gasteiger partial charge in [0.05, 0.1) is 0 Å². The van der Waals surface area contributed by atoms with Crippen LogP contribution in [0.15, 0.2) is 48.5 Å². The Morgan fingerprint density at radius 3 is 2.31 bits per heavy atom. The molecule has 0 aromatic heterocycles. The summed E-state index contributed by atoms with van der Waals surface area (Å²) in [6.45, 7) is 2.44. The van der Waals surface area contributed by atoms with Crippen molar-refractivity contribution in [3.05, 3.63) is 53.6 Å². The number of rotatable bonds is 9. The Hall–Kier alpha value is -1.95. The van der Waals surface area contributed by atoms with Crippen LogP contribution >= 0.6 is 24.0 Å². The molecule has 29 heavy (non-hydrogen) atoms. The van der Waals surface area contributed by atoms with Crippen LogP contribution in [0.2, 0.25) is 5.02 Å². The summed E-state index contributed by atoms with van der Waals surface area (Å²) in [5.41, 5.74) is 0. The topological polar surface area (TPSA) is 59.0 Å². The Labute approximate surface area is 183 Å². The maximum absolute atomic E-state index is 10.7. The van der Waals surface area contributed by atoms with Crippen LogP contribution in [-0.4, -0.2) is 41.7 Å². The summed E-state index contributed by atoms with van der Waals surface area (Å²) in [7, 11) is 0. The Kier molecular flexibility index (Phi) is 9.58.